The number of benzene rings is 2. The molecule has 1 aromatic heterocycles. The number of aromatic amines is 1. The second-order valence-corrected chi connectivity index (χ2v) is 5.55. The molecule has 0 saturated heterocycles. The molecule has 0 bridgehead atoms. The topological polar surface area (TPSA) is 69.1 Å². The van der Waals surface area contributed by atoms with E-state index in [1.54, 1.807) is 0 Å². The average molecular weight is 280 g/mol. The van der Waals surface area contributed by atoms with Gasteiger partial charge in [0.05, 0.1) is 5.39 Å². The van der Waals surface area contributed by atoms with Crippen LogP contribution in [0, 0.1) is 0 Å². The van der Waals surface area contributed by atoms with Crippen LogP contribution in [0.4, 0.5) is 0 Å². The number of aromatic nitrogens is 2. The van der Waals surface area contributed by atoms with E-state index in [4.69, 9.17) is 0 Å². The van der Waals surface area contributed by atoms with E-state index >= 15 is 0 Å². The monoisotopic (exact) mass is 280 g/mol. The summed E-state index contributed by atoms with van der Waals surface area (Å²) in [5.74, 6) is 0.511. The number of phenolic OH excluding ortho intramolecular Hbond substituents is 2. The first-order valence-electron chi connectivity index (χ1n) is 7.26. The van der Waals surface area contributed by atoms with Crippen LogP contribution in [0.5, 0.6) is 11.5 Å². The van der Waals surface area contributed by atoms with Gasteiger partial charge in [0.2, 0.25) is 0 Å². The quantitative estimate of drug-likeness (QED) is 0.597. The van der Waals surface area contributed by atoms with Crippen LogP contribution >= 0.6 is 0 Å². The highest BCUT2D eigenvalue weighted by molar-refractivity contribution is 6.02. The summed E-state index contributed by atoms with van der Waals surface area (Å²) >= 11 is 0. The highest BCUT2D eigenvalue weighted by Gasteiger charge is 2.25. The maximum atomic E-state index is 10.7. The number of nitrogens with zero attached hydrogens (tertiary/aromatic N) is 1. The molecule has 3 N–H and O–H groups in total. The molecule has 0 atom stereocenters. The summed E-state index contributed by atoms with van der Waals surface area (Å²) in [5.41, 5.74) is 3.90. The normalized spacial score (nSPS) is 14.3. The van der Waals surface area contributed by atoms with Crippen LogP contribution in [0.1, 0.15) is 24.0 Å². The molecule has 1 heterocycles. The van der Waals surface area contributed by atoms with Crippen LogP contribution in [0.25, 0.3) is 22.2 Å². The summed E-state index contributed by atoms with van der Waals surface area (Å²) < 4.78 is 0. The summed E-state index contributed by atoms with van der Waals surface area (Å²) in [6, 6.07) is 9.71. The van der Waals surface area contributed by atoms with Crippen molar-refractivity contribution in [3.8, 4) is 22.8 Å². The Morgan fingerprint density at radius 2 is 1.57 bits per heavy atom. The number of hydrogen-bond donors (Lipinski definition) is 3. The number of phenols is 2. The van der Waals surface area contributed by atoms with E-state index in [9.17, 15) is 10.2 Å². The minimum Gasteiger partial charge on any atom is -0.507 e. The molecule has 106 valence electrons. The molecule has 0 fully saturated rings. The first-order valence-corrected chi connectivity index (χ1v) is 7.26. The van der Waals surface area contributed by atoms with E-state index in [1.165, 1.54) is 0 Å². The van der Waals surface area contributed by atoms with Gasteiger partial charge in [-0.2, -0.15) is 5.10 Å². The van der Waals surface area contributed by atoms with Crippen LogP contribution in [0.3, 0.4) is 0 Å². The number of hydrogen-bond acceptors (Lipinski definition) is 3. The molecule has 4 heteroatoms. The van der Waals surface area contributed by atoms with Crippen LogP contribution in [0.15, 0.2) is 30.3 Å². The van der Waals surface area contributed by atoms with Gasteiger partial charge >= 0.3 is 0 Å². The van der Waals surface area contributed by atoms with Crippen LogP contribution in [0.2, 0.25) is 0 Å². The molecule has 1 aliphatic rings. The van der Waals surface area contributed by atoms with Gasteiger partial charge in [-0.15, -0.1) is 0 Å². The van der Waals surface area contributed by atoms with Crippen LogP contribution in [-0.2, 0) is 12.8 Å². The molecular formula is C17H16N2O2. The van der Waals surface area contributed by atoms with E-state index in [0.29, 0.717) is 16.6 Å². The van der Waals surface area contributed by atoms with Gasteiger partial charge in [-0.1, -0.05) is 30.3 Å². The molecule has 2 aromatic carbocycles. The third kappa shape index (κ3) is 1.72. The average Bonchev–Trinajstić information content (AvgIpc) is 2.99. The number of H-pyrrole nitrogens is 1. The maximum absolute atomic E-state index is 10.7. The van der Waals surface area contributed by atoms with Crippen LogP contribution < -0.4 is 0 Å². The molecule has 3 aromatic rings. The number of nitrogens with one attached hydrogen (secondary N) is 1. The summed E-state index contributed by atoms with van der Waals surface area (Å²) in [6.45, 7) is 0. The molecule has 21 heavy (non-hydrogen) atoms. The van der Waals surface area contributed by atoms with Gasteiger partial charge in [-0.3, -0.25) is 5.10 Å². The highest BCUT2D eigenvalue weighted by atomic mass is 16.3. The smallest absolute Gasteiger partial charge is 0.144 e. The van der Waals surface area contributed by atoms with Crippen molar-refractivity contribution in [1.29, 1.82) is 0 Å². The third-order valence-corrected chi connectivity index (χ3v) is 4.33. The standard InChI is InChI=1S/C17H16N2O2/c20-16-11-8-4-5-9-12(11)17(21)15-13(16)14(18-19-15)10-6-2-1-3-7-10/h1-3,6-7,20-21H,4-5,8-9H2,(H,18,19). The SMILES string of the molecule is Oc1c2c(c(O)c3c(-c4ccccc4)n[nH]c13)CCCC2. The van der Waals surface area contributed by atoms with E-state index in [2.05, 4.69) is 10.2 Å². The summed E-state index contributed by atoms with van der Waals surface area (Å²) in [7, 11) is 0. The summed E-state index contributed by atoms with van der Waals surface area (Å²) in [5, 5.41) is 29.0. The fourth-order valence-electron chi connectivity index (χ4n) is 3.28. The minimum atomic E-state index is 0.243. The van der Waals surface area contributed by atoms with Crippen molar-refractivity contribution >= 4 is 10.9 Å². The van der Waals surface area contributed by atoms with Crippen molar-refractivity contribution in [1.82, 2.24) is 10.2 Å². The first kappa shape index (κ1) is 12.3. The lowest BCUT2D eigenvalue weighted by atomic mass is 9.88. The molecule has 4 rings (SSSR count). The van der Waals surface area contributed by atoms with Crippen molar-refractivity contribution in [2.24, 2.45) is 0 Å². The van der Waals surface area contributed by atoms with Gasteiger partial charge in [-0.25, -0.2) is 0 Å². The largest absolute Gasteiger partial charge is 0.507 e. The maximum Gasteiger partial charge on any atom is 0.144 e. The molecular weight excluding hydrogens is 264 g/mol. The Balaban J connectivity index is 2.06. The molecule has 0 unspecified atom stereocenters. The lowest BCUT2D eigenvalue weighted by Gasteiger charge is -2.19. The highest BCUT2D eigenvalue weighted by Crippen LogP contribution is 2.45. The second kappa shape index (κ2) is 4.52. The van der Waals surface area contributed by atoms with E-state index in [0.717, 1.165) is 42.4 Å². The van der Waals surface area contributed by atoms with Crippen molar-refractivity contribution in [2.75, 3.05) is 0 Å². The zero-order valence-electron chi connectivity index (χ0n) is 11.6. The molecule has 0 saturated carbocycles. The van der Waals surface area contributed by atoms with Gasteiger partial charge in [0.1, 0.15) is 22.7 Å². The Morgan fingerprint density at radius 1 is 0.905 bits per heavy atom. The fraction of sp³-hybridized carbons (Fsp3) is 0.235. The molecule has 0 aliphatic heterocycles. The number of aromatic hydroxyl groups is 2. The van der Waals surface area contributed by atoms with Crippen LogP contribution in [-0.4, -0.2) is 20.4 Å². The van der Waals surface area contributed by atoms with Gasteiger partial charge < -0.3 is 10.2 Å². The molecule has 0 spiro atoms. The number of fused-ring (bicyclic) bond motifs is 2. The Kier molecular flexibility index (Phi) is 2.64. The Morgan fingerprint density at radius 3 is 2.29 bits per heavy atom. The summed E-state index contributed by atoms with van der Waals surface area (Å²) in [4.78, 5) is 0. The second-order valence-electron chi connectivity index (χ2n) is 5.55. The Labute approximate surface area is 122 Å². The number of rotatable bonds is 1. The lowest BCUT2D eigenvalue weighted by molar-refractivity contribution is 0.448. The van der Waals surface area contributed by atoms with Gasteiger partial charge in [0, 0.05) is 16.7 Å². The zero-order valence-corrected chi connectivity index (χ0v) is 11.6. The van der Waals surface area contributed by atoms with E-state index in [-0.39, 0.29) is 11.5 Å². The Hall–Kier alpha value is -2.49. The first-order chi connectivity index (χ1) is 10.3. The lowest BCUT2D eigenvalue weighted by Crippen LogP contribution is -2.03. The predicted molar refractivity (Wildman–Crippen MR) is 81.5 cm³/mol. The third-order valence-electron chi connectivity index (χ3n) is 4.33. The molecule has 0 radical (unpaired) electrons. The molecule has 1 aliphatic carbocycles. The predicted octanol–water partition coefficient (Wildman–Crippen LogP) is 3.52. The van der Waals surface area contributed by atoms with E-state index < -0.39 is 0 Å². The fourth-order valence-corrected chi connectivity index (χ4v) is 3.28. The zero-order chi connectivity index (χ0) is 14.4. The molecule has 0 amide bonds. The van der Waals surface area contributed by atoms with Gasteiger partial charge in [-0.05, 0) is 25.7 Å². The van der Waals surface area contributed by atoms with E-state index in [1.807, 2.05) is 30.3 Å². The van der Waals surface area contributed by atoms with Crippen molar-refractivity contribution < 1.29 is 10.2 Å². The Bertz CT molecular complexity index is 822. The van der Waals surface area contributed by atoms with Gasteiger partial charge in [0.25, 0.3) is 0 Å². The summed E-state index contributed by atoms with van der Waals surface area (Å²) in [6.07, 6.45) is 3.71. The van der Waals surface area contributed by atoms with Gasteiger partial charge in [0.15, 0.2) is 0 Å². The molecule has 4 nitrogen and oxygen atoms in total. The van der Waals surface area contributed by atoms with Crippen molar-refractivity contribution in [3.05, 3.63) is 41.5 Å². The minimum absolute atomic E-state index is 0.243. The van der Waals surface area contributed by atoms with Crippen molar-refractivity contribution in [3.63, 3.8) is 0 Å². The van der Waals surface area contributed by atoms with Crippen molar-refractivity contribution in [2.45, 2.75) is 25.7 Å².